The predicted octanol–water partition coefficient (Wildman–Crippen LogP) is 1.96. The van der Waals surface area contributed by atoms with Crippen LogP contribution < -0.4 is 4.74 Å². The maximum absolute atomic E-state index is 5.04. The Labute approximate surface area is 73.3 Å². The van der Waals surface area contributed by atoms with E-state index in [1.165, 1.54) is 0 Å². The van der Waals surface area contributed by atoms with Crippen LogP contribution in [-0.2, 0) is 5.54 Å². The van der Waals surface area contributed by atoms with Gasteiger partial charge in [-0.15, -0.1) is 5.10 Å². The van der Waals surface area contributed by atoms with Crippen LogP contribution in [0.25, 0.3) is 0 Å². The van der Waals surface area contributed by atoms with Crippen LogP contribution in [0.2, 0.25) is 0 Å². The van der Waals surface area contributed by atoms with Crippen LogP contribution in [0.5, 0.6) is 5.88 Å². The first-order valence-electron chi connectivity index (χ1n) is 4.06. The average molecular weight is 168 g/mol. The molecule has 0 spiro atoms. The summed E-state index contributed by atoms with van der Waals surface area (Å²) in [5.41, 5.74) is 1.15. The molecule has 0 aliphatic carbocycles. The van der Waals surface area contributed by atoms with Crippen LogP contribution in [-0.4, -0.2) is 16.9 Å². The molecule has 3 nitrogen and oxygen atoms in total. The molecule has 1 aromatic rings. The van der Waals surface area contributed by atoms with Crippen molar-refractivity contribution in [1.29, 1.82) is 0 Å². The smallest absolute Gasteiger partial charge is 0.232 e. The number of nitrogens with zero attached hydrogens (tertiary/aromatic N) is 2. The van der Waals surface area contributed by atoms with Gasteiger partial charge in [-0.25, -0.2) is 0 Å². The molecule has 12 heavy (non-hydrogen) atoms. The van der Waals surface area contributed by atoms with Crippen molar-refractivity contribution >= 4 is 0 Å². The summed E-state index contributed by atoms with van der Waals surface area (Å²) in [6.07, 6.45) is 0. The molecule has 1 aromatic heterocycles. The summed E-state index contributed by atoms with van der Waals surface area (Å²) in [4.78, 5) is 0. The van der Waals surface area contributed by atoms with Crippen LogP contribution in [0.1, 0.15) is 26.5 Å². The van der Waals surface area contributed by atoms with Crippen molar-refractivity contribution in [3.05, 3.63) is 11.8 Å². The third-order valence-electron chi connectivity index (χ3n) is 1.71. The standard InChI is InChI=1S/C9H16N2O/c1-7-6-8(12-5)10-11(7)9(2,3)4/h6H,1-5H3. The molecule has 0 aliphatic rings. The number of aryl methyl sites for hydroxylation is 1. The highest BCUT2D eigenvalue weighted by Crippen LogP contribution is 2.19. The number of ether oxygens (including phenoxy) is 1. The van der Waals surface area contributed by atoms with E-state index in [2.05, 4.69) is 25.9 Å². The first kappa shape index (κ1) is 9.10. The van der Waals surface area contributed by atoms with E-state index in [0.717, 1.165) is 5.69 Å². The van der Waals surface area contributed by atoms with Crippen LogP contribution in [0.15, 0.2) is 6.07 Å². The van der Waals surface area contributed by atoms with Crippen molar-refractivity contribution in [2.75, 3.05) is 7.11 Å². The molecular weight excluding hydrogens is 152 g/mol. The molecule has 68 valence electrons. The molecule has 0 aliphatic heterocycles. The van der Waals surface area contributed by atoms with Crippen LogP contribution >= 0.6 is 0 Å². The predicted molar refractivity (Wildman–Crippen MR) is 48.5 cm³/mol. The Hall–Kier alpha value is -0.990. The fourth-order valence-corrected chi connectivity index (χ4v) is 1.22. The first-order chi connectivity index (χ1) is 5.45. The summed E-state index contributed by atoms with van der Waals surface area (Å²) in [7, 11) is 1.63. The average Bonchev–Trinajstić information content (AvgIpc) is 2.29. The van der Waals surface area contributed by atoms with Gasteiger partial charge in [-0.2, -0.15) is 0 Å². The van der Waals surface area contributed by atoms with E-state index in [-0.39, 0.29) is 5.54 Å². The number of rotatable bonds is 1. The largest absolute Gasteiger partial charge is 0.480 e. The van der Waals surface area contributed by atoms with Gasteiger partial charge in [0.25, 0.3) is 0 Å². The molecule has 0 saturated heterocycles. The minimum atomic E-state index is 0.0286. The van der Waals surface area contributed by atoms with Crippen LogP contribution in [0, 0.1) is 6.92 Å². The lowest BCUT2D eigenvalue weighted by molar-refractivity contribution is 0.325. The molecular formula is C9H16N2O. The second-order valence-corrected chi connectivity index (χ2v) is 3.91. The van der Waals surface area contributed by atoms with Gasteiger partial charge < -0.3 is 4.74 Å². The van der Waals surface area contributed by atoms with Crippen molar-refractivity contribution in [3.8, 4) is 5.88 Å². The van der Waals surface area contributed by atoms with Gasteiger partial charge in [0, 0.05) is 11.8 Å². The van der Waals surface area contributed by atoms with E-state index in [1.807, 2.05) is 17.7 Å². The molecule has 1 heterocycles. The summed E-state index contributed by atoms with van der Waals surface area (Å²) in [6, 6.07) is 1.94. The summed E-state index contributed by atoms with van der Waals surface area (Å²) in [5.74, 6) is 0.683. The highest BCUT2D eigenvalue weighted by Gasteiger charge is 2.17. The maximum atomic E-state index is 5.04. The number of hydrogen-bond donors (Lipinski definition) is 0. The number of methoxy groups -OCH3 is 1. The monoisotopic (exact) mass is 168 g/mol. The lowest BCUT2D eigenvalue weighted by Gasteiger charge is -2.20. The second kappa shape index (κ2) is 2.81. The van der Waals surface area contributed by atoms with Gasteiger partial charge in [0.2, 0.25) is 5.88 Å². The lowest BCUT2D eigenvalue weighted by atomic mass is 10.1. The Morgan fingerprint density at radius 1 is 1.42 bits per heavy atom. The van der Waals surface area contributed by atoms with Crippen molar-refractivity contribution in [2.45, 2.75) is 33.2 Å². The highest BCUT2D eigenvalue weighted by atomic mass is 16.5. The van der Waals surface area contributed by atoms with E-state index < -0.39 is 0 Å². The minimum Gasteiger partial charge on any atom is -0.480 e. The third kappa shape index (κ3) is 1.60. The Balaban J connectivity index is 3.08. The highest BCUT2D eigenvalue weighted by molar-refractivity contribution is 5.15. The van der Waals surface area contributed by atoms with E-state index in [0.29, 0.717) is 5.88 Å². The van der Waals surface area contributed by atoms with E-state index in [1.54, 1.807) is 7.11 Å². The molecule has 0 aromatic carbocycles. The van der Waals surface area contributed by atoms with Crippen molar-refractivity contribution in [1.82, 2.24) is 9.78 Å². The van der Waals surface area contributed by atoms with Gasteiger partial charge in [0.15, 0.2) is 0 Å². The lowest BCUT2D eigenvalue weighted by Crippen LogP contribution is -2.24. The Kier molecular flexibility index (Phi) is 2.13. The van der Waals surface area contributed by atoms with Gasteiger partial charge >= 0.3 is 0 Å². The zero-order chi connectivity index (χ0) is 9.35. The number of hydrogen-bond acceptors (Lipinski definition) is 2. The summed E-state index contributed by atoms with van der Waals surface area (Å²) in [6.45, 7) is 8.38. The molecule has 0 N–H and O–H groups in total. The van der Waals surface area contributed by atoms with Crippen molar-refractivity contribution in [2.24, 2.45) is 0 Å². The second-order valence-electron chi connectivity index (χ2n) is 3.91. The molecule has 0 radical (unpaired) electrons. The maximum Gasteiger partial charge on any atom is 0.232 e. The van der Waals surface area contributed by atoms with Crippen LogP contribution in [0.3, 0.4) is 0 Å². The molecule has 1 rings (SSSR count). The molecule has 0 fully saturated rings. The van der Waals surface area contributed by atoms with Gasteiger partial charge in [-0.3, -0.25) is 4.68 Å². The first-order valence-corrected chi connectivity index (χ1v) is 4.06. The molecule has 0 unspecified atom stereocenters. The van der Waals surface area contributed by atoms with Gasteiger partial charge in [0.05, 0.1) is 12.6 Å². The van der Waals surface area contributed by atoms with Crippen molar-refractivity contribution < 1.29 is 4.74 Å². The fourth-order valence-electron chi connectivity index (χ4n) is 1.22. The fraction of sp³-hybridized carbons (Fsp3) is 0.667. The Morgan fingerprint density at radius 2 is 2.00 bits per heavy atom. The van der Waals surface area contributed by atoms with E-state index in [9.17, 15) is 0 Å². The summed E-state index contributed by atoms with van der Waals surface area (Å²) < 4.78 is 7.00. The normalized spacial score (nSPS) is 11.8. The summed E-state index contributed by atoms with van der Waals surface area (Å²) in [5, 5.41) is 4.29. The number of aromatic nitrogens is 2. The SMILES string of the molecule is COc1cc(C)n(C(C)(C)C)n1. The Morgan fingerprint density at radius 3 is 2.25 bits per heavy atom. The topological polar surface area (TPSA) is 27.1 Å². The molecule has 0 amide bonds. The van der Waals surface area contributed by atoms with Crippen LogP contribution in [0.4, 0.5) is 0 Å². The van der Waals surface area contributed by atoms with Gasteiger partial charge in [-0.05, 0) is 27.7 Å². The molecule has 0 atom stereocenters. The Bertz CT molecular complexity index is 271. The van der Waals surface area contributed by atoms with E-state index in [4.69, 9.17) is 4.74 Å². The zero-order valence-electron chi connectivity index (χ0n) is 8.38. The zero-order valence-corrected chi connectivity index (χ0v) is 8.38. The van der Waals surface area contributed by atoms with Crippen molar-refractivity contribution in [3.63, 3.8) is 0 Å². The third-order valence-corrected chi connectivity index (χ3v) is 1.71. The van der Waals surface area contributed by atoms with Gasteiger partial charge in [0.1, 0.15) is 0 Å². The minimum absolute atomic E-state index is 0.0286. The molecule has 0 saturated carbocycles. The molecule has 0 bridgehead atoms. The molecule has 3 heteroatoms. The van der Waals surface area contributed by atoms with E-state index >= 15 is 0 Å². The summed E-state index contributed by atoms with van der Waals surface area (Å²) >= 11 is 0. The quantitative estimate of drug-likeness (QED) is 0.641. The van der Waals surface area contributed by atoms with Gasteiger partial charge in [-0.1, -0.05) is 0 Å².